The number of carbonyl (C=O) groups is 2. The van der Waals surface area contributed by atoms with Crippen molar-refractivity contribution in [3.8, 4) is 0 Å². The maximum Gasteiger partial charge on any atom is 0.193 e. The largest absolute Gasteiger partial charge is 0.390 e. The number of carbonyl (C=O) groups excluding carboxylic acids is 2. The Morgan fingerprint density at radius 2 is 1.89 bits per heavy atom. The number of benzene rings is 1. The summed E-state index contributed by atoms with van der Waals surface area (Å²) in [6, 6.07) is 9.60. The van der Waals surface area contributed by atoms with E-state index in [1.54, 1.807) is 6.08 Å². The van der Waals surface area contributed by atoms with Gasteiger partial charge in [-0.3, -0.25) is 9.59 Å². The van der Waals surface area contributed by atoms with Crippen molar-refractivity contribution in [2.45, 2.75) is 88.6 Å². The molecule has 36 heavy (non-hydrogen) atoms. The minimum atomic E-state index is -1.87. The van der Waals surface area contributed by atoms with Gasteiger partial charge in [0.05, 0.1) is 17.5 Å². The third-order valence-corrected chi connectivity index (χ3v) is 11.3. The fourth-order valence-corrected chi connectivity index (χ4v) is 9.40. The minimum absolute atomic E-state index is 0.0407. The van der Waals surface area contributed by atoms with Crippen molar-refractivity contribution in [1.29, 1.82) is 0 Å². The van der Waals surface area contributed by atoms with E-state index in [0.717, 1.165) is 11.1 Å². The van der Waals surface area contributed by atoms with E-state index in [-0.39, 0.29) is 29.2 Å². The summed E-state index contributed by atoms with van der Waals surface area (Å²) in [6.45, 7) is 5.73. The minimum Gasteiger partial charge on any atom is -0.390 e. The first-order valence-corrected chi connectivity index (χ1v) is 14.2. The van der Waals surface area contributed by atoms with E-state index in [1.807, 2.05) is 51.1 Å². The predicted molar refractivity (Wildman–Crippen MR) is 135 cm³/mol. The summed E-state index contributed by atoms with van der Waals surface area (Å²) in [5.74, 6) is -1.86. The van der Waals surface area contributed by atoms with Gasteiger partial charge in [-0.2, -0.15) is 0 Å². The van der Waals surface area contributed by atoms with Gasteiger partial charge in [-0.05, 0) is 51.0 Å². The second kappa shape index (κ2) is 7.81. The molecule has 0 spiro atoms. The summed E-state index contributed by atoms with van der Waals surface area (Å²) in [6.07, 6.45) is 2.25. The number of fused-ring (bicyclic) bond motifs is 7. The molecule has 0 amide bonds. The summed E-state index contributed by atoms with van der Waals surface area (Å²) < 4.78 is 30.9. The van der Waals surface area contributed by atoms with E-state index in [2.05, 4.69) is 15.9 Å². The predicted octanol–water partition coefficient (Wildman–Crippen LogP) is 5.18. The second-order valence-electron chi connectivity index (χ2n) is 12.2. The molecule has 1 saturated heterocycles. The van der Waals surface area contributed by atoms with Crippen LogP contribution in [0.1, 0.15) is 64.9 Å². The smallest absolute Gasteiger partial charge is 0.193 e. The molecule has 194 valence electrons. The molecule has 1 heterocycles. The van der Waals surface area contributed by atoms with Gasteiger partial charge in [0.1, 0.15) is 5.67 Å². The van der Waals surface area contributed by atoms with Crippen LogP contribution in [0.15, 0.2) is 42.0 Å². The van der Waals surface area contributed by atoms with Crippen LogP contribution in [0, 0.1) is 22.7 Å². The van der Waals surface area contributed by atoms with E-state index in [1.165, 1.54) is 0 Å². The van der Waals surface area contributed by atoms with Crippen molar-refractivity contribution < 1.29 is 28.6 Å². The molecule has 4 fully saturated rings. The van der Waals surface area contributed by atoms with Gasteiger partial charge in [0.25, 0.3) is 0 Å². The standard InChI is InChI=1S/C29H34BrFO5/c1-25-12-11-19(32)13-18(25)9-10-20-21-14-24-29(23(34)16-30,26(21,2)15-22(33)28(20,25)31)36-27(3,35-24)17-7-5-4-6-8-17/h4-8,13,20-22,24,33H,9-12,14-16H2,1-3H3. The van der Waals surface area contributed by atoms with Crippen LogP contribution in [0.4, 0.5) is 4.39 Å². The van der Waals surface area contributed by atoms with Crippen LogP contribution in [0.25, 0.3) is 0 Å². The number of ether oxygens (including phenoxy) is 2. The summed E-state index contributed by atoms with van der Waals surface area (Å²) >= 11 is 3.38. The molecule has 0 radical (unpaired) electrons. The second-order valence-corrected chi connectivity index (χ2v) is 12.7. The number of rotatable bonds is 3. The van der Waals surface area contributed by atoms with Crippen molar-refractivity contribution in [1.82, 2.24) is 0 Å². The van der Waals surface area contributed by atoms with Crippen molar-refractivity contribution in [2.24, 2.45) is 22.7 Å². The summed E-state index contributed by atoms with van der Waals surface area (Å²) in [5, 5.41) is 11.8. The molecule has 1 aliphatic heterocycles. The number of aliphatic hydroxyl groups is 1. The van der Waals surface area contributed by atoms with Crippen molar-refractivity contribution >= 4 is 27.5 Å². The number of hydrogen-bond acceptors (Lipinski definition) is 5. The van der Waals surface area contributed by atoms with Gasteiger partial charge < -0.3 is 14.6 Å². The molecular formula is C29H34BrFO5. The zero-order chi connectivity index (χ0) is 25.7. The number of aliphatic hydroxyl groups excluding tert-OH is 1. The quantitative estimate of drug-likeness (QED) is 0.515. The Labute approximate surface area is 219 Å². The molecule has 0 aromatic heterocycles. The number of allylic oxidation sites excluding steroid dienone is 1. The topological polar surface area (TPSA) is 72.8 Å². The van der Waals surface area contributed by atoms with Crippen LogP contribution < -0.4 is 0 Å². The fourth-order valence-electron chi connectivity index (χ4n) is 8.98. The normalized spacial score (nSPS) is 49.5. The lowest BCUT2D eigenvalue weighted by molar-refractivity contribution is -0.257. The maximum atomic E-state index is 17.5. The number of Topliss-reactive ketones (excluding diaryl/α,β-unsaturated/α-hetero) is 1. The Bertz CT molecular complexity index is 1160. The molecule has 6 rings (SSSR count). The molecule has 9 unspecified atom stereocenters. The number of ketones is 2. The highest BCUT2D eigenvalue weighted by atomic mass is 79.9. The molecule has 0 bridgehead atoms. The lowest BCUT2D eigenvalue weighted by Gasteiger charge is -2.63. The first-order chi connectivity index (χ1) is 17.0. The van der Waals surface area contributed by atoms with Crippen LogP contribution in [-0.4, -0.2) is 45.5 Å². The average Bonchev–Trinajstić information content (AvgIpc) is 3.29. The van der Waals surface area contributed by atoms with Gasteiger partial charge in [0, 0.05) is 28.7 Å². The highest BCUT2D eigenvalue weighted by molar-refractivity contribution is 9.09. The van der Waals surface area contributed by atoms with Crippen LogP contribution >= 0.6 is 15.9 Å². The Kier molecular flexibility index (Phi) is 5.40. The zero-order valence-corrected chi connectivity index (χ0v) is 22.6. The van der Waals surface area contributed by atoms with Gasteiger partial charge >= 0.3 is 0 Å². The molecule has 1 aromatic rings. The summed E-state index contributed by atoms with van der Waals surface area (Å²) in [5.41, 5.74) is -3.22. The molecule has 3 saturated carbocycles. The lowest BCUT2D eigenvalue weighted by atomic mass is 9.44. The third kappa shape index (κ3) is 2.81. The van der Waals surface area contributed by atoms with Crippen molar-refractivity contribution in [2.75, 3.05) is 5.33 Å². The van der Waals surface area contributed by atoms with Crippen LogP contribution in [0.3, 0.4) is 0 Å². The molecule has 5 nitrogen and oxygen atoms in total. The SMILES string of the molecule is CC1(c2ccccc2)OC2CC3C4CCC5=CC(=O)CCC5(C)C4(F)C(O)CC3(C)C2(C(=O)CBr)O1. The number of halogens is 2. The number of hydrogen-bond donors (Lipinski definition) is 1. The van der Waals surface area contributed by atoms with Gasteiger partial charge in [-0.1, -0.05) is 65.7 Å². The average molecular weight is 561 g/mol. The Balaban J connectivity index is 1.45. The van der Waals surface area contributed by atoms with E-state index in [4.69, 9.17) is 9.47 Å². The van der Waals surface area contributed by atoms with Crippen LogP contribution in [0.5, 0.6) is 0 Å². The number of alkyl halides is 2. The molecule has 4 aliphatic carbocycles. The highest BCUT2D eigenvalue weighted by Gasteiger charge is 2.80. The first-order valence-electron chi connectivity index (χ1n) is 13.1. The molecule has 9 atom stereocenters. The van der Waals surface area contributed by atoms with E-state index in [9.17, 15) is 14.7 Å². The van der Waals surface area contributed by atoms with Gasteiger partial charge in [-0.25, -0.2) is 4.39 Å². The molecular weight excluding hydrogens is 527 g/mol. The Hall–Kier alpha value is -1.41. The van der Waals surface area contributed by atoms with E-state index in [0.29, 0.717) is 32.1 Å². The fraction of sp³-hybridized carbons (Fsp3) is 0.655. The zero-order valence-electron chi connectivity index (χ0n) is 21.1. The first kappa shape index (κ1) is 24.9. The van der Waals surface area contributed by atoms with Gasteiger partial charge in [0.2, 0.25) is 0 Å². The van der Waals surface area contributed by atoms with Crippen LogP contribution in [-0.2, 0) is 24.8 Å². The van der Waals surface area contributed by atoms with E-state index >= 15 is 4.39 Å². The van der Waals surface area contributed by atoms with Crippen molar-refractivity contribution in [3.63, 3.8) is 0 Å². The Morgan fingerprint density at radius 1 is 1.17 bits per heavy atom. The summed E-state index contributed by atoms with van der Waals surface area (Å²) in [4.78, 5) is 26.0. The van der Waals surface area contributed by atoms with Gasteiger partial charge in [-0.15, -0.1) is 0 Å². The molecule has 5 aliphatic rings. The van der Waals surface area contributed by atoms with Crippen LogP contribution in [0.2, 0.25) is 0 Å². The maximum absolute atomic E-state index is 17.5. The lowest BCUT2D eigenvalue weighted by Crippen LogP contribution is -2.70. The van der Waals surface area contributed by atoms with E-state index < -0.39 is 46.0 Å². The molecule has 1 N–H and O–H groups in total. The highest BCUT2D eigenvalue weighted by Crippen LogP contribution is 2.73. The third-order valence-electron chi connectivity index (χ3n) is 10.8. The monoisotopic (exact) mass is 560 g/mol. The molecule has 7 heteroatoms. The van der Waals surface area contributed by atoms with Gasteiger partial charge in [0.15, 0.2) is 23.0 Å². The Morgan fingerprint density at radius 3 is 2.58 bits per heavy atom. The van der Waals surface area contributed by atoms with Crippen molar-refractivity contribution in [3.05, 3.63) is 47.5 Å². The molecule has 1 aromatic carbocycles. The summed E-state index contributed by atoms with van der Waals surface area (Å²) in [7, 11) is 0.